The minimum Gasteiger partial charge on any atom is -0.456 e. The standard InChI is InChI=1S/C21H22N4O2/c1-15-5-10-20(26-15)21-23-19(16(2)27-21)14-24(3)13-17-6-8-18(9-7-17)25-12-4-11-22-25/h4-12H,13-14H2,1-3H3. The van der Waals surface area contributed by atoms with Crippen molar-refractivity contribution in [2.45, 2.75) is 26.9 Å². The highest BCUT2D eigenvalue weighted by Crippen LogP contribution is 2.24. The van der Waals surface area contributed by atoms with E-state index in [-0.39, 0.29) is 0 Å². The molecule has 138 valence electrons. The van der Waals surface area contributed by atoms with Crippen LogP contribution in [0, 0.1) is 13.8 Å². The van der Waals surface area contributed by atoms with Crippen molar-refractivity contribution >= 4 is 0 Å². The zero-order valence-electron chi connectivity index (χ0n) is 15.7. The van der Waals surface area contributed by atoms with Gasteiger partial charge in [-0.2, -0.15) is 5.10 Å². The Morgan fingerprint density at radius 2 is 1.81 bits per heavy atom. The second kappa shape index (κ2) is 7.25. The molecule has 3 heterocycles. The van der Waals surface area contributed by atoms with E-state index in [9.17, 15) is 0 Å². The topological polar surface area (TPSA) is 60.2 Å². The van der Waals surface area contributed by atoms with E-state index in [2.05, 4.69) is 46.3 Å². The fourth-order valence-corrected chi connectivity index (χ4v) is 3.03. The average molecular weight is 362 g/mol. The van der Waals surface area contributed by atoms with Gasteiger partial charge in [-0.25, -0.2) is 9.67 Å². The van der Waals surface area contributed by atoms with Crippen LogP contribution in [-0.4, -0.2) is 26.7 Å². The predicted octanol–water partition coefficient (Wildman–Crippen LogP) is 4.37. The summed E-state index contributed by atoms with van der Waals surface area (Å²) in [5.74, 6) is 2.87. The molecule has 0 aliphatic heterocycles. The first-order valence-corrected chi connectivity index (χ1v) is 8.89. The number of aryl methyl sites for hydroxylation is 2. The third kappa shape index (κ3) is 3.85. The van der Waals surface area contributed by atoms with E-state index >= 15 is 0 Å². The normalized spacial score (nSPS) is 11.4. The third-order valence-corrected chi connectivity index (χ3v) is 4.42. The summed E-state index contributed by atoms with van der Waals surface area (Å²) >= 11 is 0. The molecule has 0 saturated heterocycles. The second-order valence-electron chi connectivity index (χ2n) is 6.72. The smallest absolute Gasteiger partial charge is 0.263 e. The summed E-state index contributed by atoms with van der Waals surface area (Å²) in [6.07, 6.45) is 3.72. The van der Waals surface area contributed by atoms with Gasteiger partial charge in [0.1, 0.15) is 11.5 Å². The van der Waals surface area contributed by atoms with Crippen molar-refractivity contribution in [3.8, 4) is 17.3 Å². The number of hydrogen-bond donors (Lipinski definition) is 0. The molecule has 4 rings (SSSR count). The summed E-state index contributed by atoms with van der Waals surface area (Å²) in [5.41, 5.74) is 3.21. The van der Waals surface area contributed by atoms with Crippen LogP contribution in [0.2, 0.25) is 0 Å². The predicted molar refractivity (Wildman–Crippen MR) is 102 cm³/mol. The zero-order valence-corrected chi connectivity index (χ0v) is 15.7. The Morgan fingerprint density at radius 1 is 1.00 bits per heavy atom. The molecule has 4 aromatic rings. The van der Waals surface area contributed by atoms with Crippen LogP contribution in [0.5, 0.6) is 0 Å². The molecule has 0 spiro atoms. The van der Waals surface area contributed by atoms with Crippen molar-refractivity contribution in [2.75, 3.05) is 7.05 Å². The molecule has 0 saturated carbocycles. The molecule has 27 heavy (non-hydrogen) atoms. The first-order valence-electron chi connectivity index (χ1n) is 8.89. The molecular formula is C21H22N4O2. The Bertz CT molecular complexity index is 1010. The maximum atomic E-state index is 5.78. The number of furan rings is 1. The molecule has 0 unspecified atom stereocenters. The molecule has 0 fully saturated rings. The lowest BCUT2D eigenvalue weighted by atomic mass is 10.2. The Labute approximate surface area is 158 Å². The van der Waals surface area contributed by atoms with Crippen molar-refractivity contribution in [1.82, 2.24) is 19.7 Å². The SMILES string of the molecule is Cc1ccc(-c2nc(CN(C)Cc3ccc(-n4cccn4)cc3)c(C)o2)o1. The monoisotopic (exact) mass is 362 g/mol. The van der Waals surface area contributed by atoms with Gasteiger partial charge in [0, 0.05) is 25.5 Å². The van der Waals surface area contributed by atoms with Crippen LogP contribution in [-0.2, 0) is 13.1 Å². The lowest BCUT2D eigenvalue weighted by molar-refractivity contribution is 0.313. The molecule has 1 aromatic carbocycles. The van der Waals surface area contributed by atoms with Crippen LogP contribution in [0.3, 0.4) is 0 Å². The second-order valence-corrected chi connectivity index (χ2v) is 6.72. The van der Waals surface area contributed by atoms with Gasteiger partial charge in [-0.1, -0.05) is 12.1 Å². The van der Waals surface area contributed by atoms with Gasteiger partial charge in [0.2, 0.25) is 0 Å². The highest BCUT2D eigenvalue weighted by Gasteiger charge is 2.15. The van der Waals surface area contributed by atoms with Crippen LogP contribution >= 0.6 is 0 Å². The zero-order chi connectivity index (χ0) is 18.8. The number of rotatable bonds is 6. The van der Waals surface area contributed by atoms with Crippen LogP contribution < -0.4 is 0 Å². The molecular weight excluding hydrogens is 340 g/mol. The van der Waals surface area contributed by atoms with Gasteiger partial charge in [0.25, 0.3) is 5.89 Å². The minimum atomic E-state index is 0.535. The van der Waals surface area contributed by atoms with Gasteiger partial charge in [0.15, 0.2) is 5.76 Å². The van der Waals surface area contributed by atoms with Crippen molar-refractivity contribution < 1.29 is 8.83 Å². The van der Waals surface area contributed by atoms with Gasteiger partial charge < -0.3 is 8.83 Å². The van der Waals surface area contributed by atoms with Gasteiger partial charge >= 0.3 is 0 Å². The van der Waals surface area contributed by atoms with E-state index in [1.54, 1.807) is 6.20 Å². The first kappa shape index (κ1) is 17.3. The minimum absolute atomic E-state index is 0.535. The molecule has 0 N–H and O–H groups in total. The van der Waals surface area contributed by atoms with E-state index < -0.39 is 0 Å². The summed E-state index contributed by atoms with van der Waals surface area (Å²) in [6, 6.07) is 14.1. The number of hydrogen-bond acceptors (Lipinski definition) is 5. The molecule has 0 aliphatic rings. The van der Waals surface area contributed by atoms with E-state index in [0.717, 1.165) is 29.4 Å². The molecule has 6 heteroatoms. The van der Waals surface area contributed by atoms with Crippen LogP contribution in [0.1, 0.15) is 22.8 Å². The summed E-state index contributed by atoms with van der Waals surface area (Å²) in [6.45, 7) is 5.37. The van der Waals surface area contributed by atoms with Crippen LogP contribution in [0.25, 0.3) is 17.3 Å². The Balaban J connectivity index is 1.42. The highest BCUT2D eigenvalue weighted by molar-refractivity contribution is 5.45. The van der Waals surface area contributed by atoms with Crippen LogP contribution in [0.4, 0.5) is 0 Å². The molecule has 6 nitrogen and oxygen atoms in total. The van der Waals surface area contributed by atoms with Crippen molar-refractivity contribution in [3.63, 3.8) is 0 Å². The van der Waals surface area contributed by atoms with E-state index in [0.29, 0.717) is 18.2 Å². The highest BCUT2D eigenvalue weighted by atomic mass is 16.4. The summed E-state index contributed by atoms with van der Waals surface area (Å²) in [4.78, 5) is 6.82. The Morgan fingerprint density at radius 3 is 2.48 bits per heavy atom. The quantitative estimate of drug-likeness (QED) is 0.510. The Hall–Kier alpha value is -3.12. The fraction of sp³-hybridized carbons (Fsp3) is 0.238. The fourth-order valence-electron chi connectivity index (χ4n) is 3.03. The van der Waals surface area contributed by atoms with Crippen molar-refractivity contribution in [2.24, 2.45) is 0 Å². The molecule has 0 radical (unpaired) electrons. The van der Waals surface area contributed by atoms with Crippen molar-refractivity contribution in [1.29, 1.82) is 0 Å². The maximum absolute atomic E-state index is 5.78. The average Bonchev–Trinajstić information content (AvgIpc) is 3.38. The molecule has 0 atom stereocenters. The molecule has 0 amide bonds. The molecule has 0 bridgehead atoms. The third-order valence-electron chi connectivity index (χ3n) is 4.42. The molecule has 0 aliphatic carbocycles. The largest absolute Gasteiger partial charge is 0.456 e. The Kier molecular flexibility index (Phi) is 4.64. The number of aromatic nitrogens is 3. The first-order chi connectivity index (χ1) is 13.1. The number of oxazole rings is 1. The maximum Gasteiger partial charge on any atom is 0.263 e. The van der Waals surface area contributed by atoms with Gasteiger partial charge in [0.05, 0.1) is 11.4 Å². The van der Waals surface area contributed by atoms with E-state index in [4.69, 9.17) is 8.83 Å². The van der Waals surface area contributed by atoms with Gasteiger partial charge in [-0.05, 0) is 56.8 Å². The number of nitrogens with zero attached hydrogens (tertiary/aromatic N) is 4. The van der Waals surface area contributed by atoms with E-state index in [1.807, 2.05) is 42.9 Å². The summed E-state index contributed by atoms with van der Waals surface area (Å²) < 4.78 is 13.2. The van der Waals surface area contributed by atoms with Crippen molar-refractivity contribution in [3.05, 3.63) is 77.6 Å². The number of benzene rings is 1. The van der Waals surface area contributed by atoms with E-state index in [1.165, 1.54) is 5.56 Å². The summed E-state index contributed by atoms with van der Waals surface area (Å²) in [5, 5.41) is 4.25. The van der Waals surface area contributed by atoms with Gasteiger partial charge in [-0.3, -0.25) is 4.90 Å². The summed E-state index contributed by atoms with van der Waals surface area (Å²) in [7, 11) is 2.08. The lowest BCUT2D eigenvalue weighted by Gasteiger charge is -2.15. The molecule has 3 aromatic heterocycles. The lowest BCUT2D eigenvalue weighted by Crippen LogP contribution is -2.18. The van der Waals surface area contributed by atoms with Crippen LogP contribution in [0.15, 0.2) is 63.7 Å². The van der Waals surface area contributed by atoms with Gasteiger partial charge in [-0.15, -0.1) is 0 Å².